The number of amides is 1. The van der Waals surface area contributed by atoms with Gasteiger partial charge in [-0.2, -0.15) is 9.82 Å². The minimum Gasteiger partial charge on any atom is -0.448 e. The molecule has 0 saturated carbocycles. The van der Waals surface area contributed by atoms with Gasteiger partial charge in [0.25, 0.3) is 10.0 Å². The Morgan fingerprint density at radius 2 is 2.18 bits per heavy atom. The van der Waals surface area contributed by atoms with E-state index in [-0.39, 0.29) is 23.2 Å². The van der Waals surface area contributed by atoms with Gasteiger partial charge < -0.3 is 15.5 Å². The number of likely N-dealkylation sites (tertiary alicyclic amines) is 1. The van der Waals surface area contributed by atoms with Gasteiger partial charge in [-0.1, -0.05) is 48.0 Å². The van der Waals surface area contributed by atoms with Crippen molar-refractivity contribution in [3.05, 3.63) is 83.0 Å². The molecule has 34 heavy (non-hydrogen) atoms. The second-order valence-electron chi connectivity index (χ2n) is 7.94. The topological polar surface area (TPSA) is 127 Å². The highest BCUT2D eigenvalue weighted by Gasteiger charge is 2.48. The van der Waals surface area contributed by atoms with Crippen LogP contribution in [0.4, 0.5) is 0 Å². The van der Waals surface area contributed by atoms with Crippen molar-refractivity contribution in [2.24, 2.45) is 10.9 Å². The van der Waals surface area contributed by atoms with Crippen LogP contribution >= 0.6 is 11.6 Å². The minimum absolute atomic E-state index is 0.00485. The molecule has 1 aromatic heterocycles. The average Bonchev–Trinajstić information content (AvgIpc) is 3.15. The van der Waals surface area contributed by atoms with E-state index < -0.39 is 21.0 Å². The molecule has 2 atom stereocenters. The van der Waals surface area contributed by atoms with Gasteiger partial charge in [0.1, 0.15) is 11.1 Å². The van der Waals surface area contributed by atoms with Crippen molar-refractivity contribution in [3.8, 4) is 5.88 Å². The van der Waals surface area contributed by atoms with Crippen molar-refractivity contribution in [1.82, 2.24) is 14.6 Å². The smallest absolute Gasteiger partial charge is 0.257 e. The number of aromatic nitrogens is 1. The molecule has 1 aliphatic heterocycles. The molecular formula is C23H24ClN5O4S. The SMILES string of the molecule is NN=Cc1cccc(CN2CC[C@H](NS(=O)(=O)C3(Oc4ncccc4Cl)C=CC=CC3)C2=O)c1. The summed E-state index contributed by atoms with van der Waals surface area (Å²) in [5.74, 6) is 4.90. The summed E-state index contributed by atoms with van der Waals surface area (Å²) in [4.78, 5) is 16.9. The number of rotatable bonds is 8. The number of nitrogens with one attached hydrogen (secondary N) is 1. The van der Waals surface area contributed by atoms with E-state index in [2.05, 4.69) is 14.8 Å². The van der Waals surface area contributed by atoms with Crippen LogP contribution in [0.2, 0.25) is 5.02 Å². The lowest BCUT2D eigenvalue weighted by atomic mass is 10.1. The quantitative estimate of drug-likeness (QED) is 0.325. The maximum atomic E-state index is 13.5. The van der Waals surface area contributed by atoms with Crippen LogP contribution in [0, 0.1) is 0 Å². The predicted molar refractivity (Wildman–Crippen MR) is 130 cm³/mol. The normalized spacial score (nSPS) is 22.6. The molecule has 4 rings (SSSR count). The molecule has 1 aromatic carbocycles. The number of halogens is 1. The van der Waals surface area contributed by atoms with E-state index in [1.807, 2.05) is 24.3 Å². The third-order valence-electron chi connectivity index (χ3n) is 5.59. The van der Waals surface area contributed by atoms with Crippen molar-refractivity contribution in [2.45, 2.75) is 30.4 Å². The molecule has 2 aliphatic rings. The van der Waals surface area contributed by atoms with Crippen molar-refractivity contribution in [1.29, 1.82) is 0 Å². The first-order valence-electron chi connectivity index (χ1n) is 10.6. The fourth-order valence-electron chi connectivity index (χ4n) is 3.89. The molecule has 2 aromatic rings. The van der Waals surface area contributed by atoms with Gasteiger partial charge in [-0.05, 0) is 41.8 Å². The standard InChI is InChI=1S/C23H24ClN5O4S/c24-19-8-5-12-26-21(19)33-23(10-2-1-3-11-23)34(31,32)28-20-9-13-29(22(20)30)16-18-7-4-6-17(14-18)15-27-25/h1-8,10,12,14-15,20,28H,9,11,13,16,25H2/t20-,23?/m0/s1. The van der Waals surface area contributed by atoms with Gasteiger partial charge in [0.2, 0.25) is 16.7 Å². The summed E-state index contributed by atoms with van der Waals surface area (Å²) < 4.78 is 35.5. The number of hydrogen-bond donors (Lipinski definition) is 2. The largest absolute Gasteiger partial charge is 0.448 e. The van der Waals surface area contributed by atoms with E-state index in [4.69, 9.17) is 22.2 Å². The fourth-order valence-corrected chi connectivity index (χ4v) is 5.61. The van der Waals surface area contributed by atoms with Gasteiger partial charge in [0.15, 0.2) is 0 Å². The Kier molecular flexibility index (Phi) is 7.01. The van der Waals surface area contributed by atoms with Gasteiger partial charge >= 0.3 is 0 Å². The van der Waals surface area contributed by atoms with Crippen LogP contribution in [0.3, 0.4) is 0 Å². The number of benzene rings is 1. The zero-order valence-corrected chi connectivity index (χ0v) is 19.7. The predicted octanol–water partition coefficient (Wildman–Crippen LogP) is 2.34. The third-order valence-corrected chi connectivity index (χ3v) is 7.77. The molecule has 1 amide bonds. The molecule has 0 spiro atoms. The number of hydrazone groups is 1. The van der Waals surface area contributed by atoms with Gasteiger partial charge in [-0.3, -0.25) is 4.79 Å². The Hall–Kier alpha value is -3.21. The Morgan fingerprint density at radius 1 is 1.32 bits per heavy atom. The summed E-state index contributed by atoms with van der Waals surface area (Å²) in [7, 11) is -4.17. The number of nitrogens with two attached hydrogens (primary N) is 1. The summed E-state index contributed by atoms with van der Waals surface area (Å²) in [6.07, 6.45) is 9.77. The van der Waals surface area contributed by atoms with Gasteiger partial charge in [0, 0.05) is 25.7 Å². The highest BCUT2D eigenvalue weighted by molar-refractivity contribution is 7.91. The minimum atomic E-state index is -4.17. The number of ether oxygens (including phenoxy) is 1. The van der Waals surface area contributed by atoms with Crippen molar-refractivity contribution in [3.63, 3.8) is 0 Å². The first kappa shape index (κ1) is 23.9. The number of nitrogens with zero attached hydrogens (tertiary/aromatic N) is 3. The summed E-state index contributed by atoms with van der Waals surface area (Å²) >= 11 is 6.16. The lowest BCUT2D eigenvalue weighted by Gasteiger charge is -2.32. The lowest BCUT2D eigenvalue weighted by molar-refractivity contribution is -0.129. The van der Waals surface area contributed by atoms with Crippen LogP contribution in [0.25, 0.3) is 0 Å². The molecule has 9 nitrogen and oxygen atoms in total. The molecule has 1 aliphatic carbocycles. The Labute approximate surface area is 203 Å². The zero-order valence-electron chi connectivity index (χ0n) is 18.2. The van der Waals surface area contributed by atoms with Crippen LogP contribution in [0.15, 0.2) is 72.0 Å². The maximum absolute atomic E-state index is 13.5. The number of carbonyl (C=O) groups is 1. The zero-order chi connectivity index (χ0) is 24.2. The number of pyridine rings is 1. The van der Waals surface area contributed by atoms with Crippen molar-refractivity contribution < 1.29 is 17.9 Å². The van der Waals surface area contributed by atoms with Crippen LogP contribution in [-0.4, -0.2) is 47.9 Å². The Morgan fingerprint density at radius 3 is 2.91 bits per heavy atom. The summed E-state index contributed by atoms with van der Waals surface area (Å²) in [6, 6.07) is 9.74. The van der Waals surface area contributed by atoms with Gasteiger partial charge in [-0.25, -0.2) is 13.4 Å². The van der Waals surface area contributed by atoms with E-state index in [0.717, 1.165) is 11.1 Å². The van der Waals surface area contributed by atoms with Crippen LogP contribution in [0.5, 0.6) is 5.88 Å². The summed E-state index contributed by atoms with van der Waals surface area (Å²) in [5.41, 5.74) is 1.70. The molecule has 178 valence electrons. The van der Waals surface area contributed by atoms with Gasteiger partial charge in [-0.15, -0.1) is 0 Å². The molecule has 2 heterocycles. The highest BCUT2D eigenvalue weighted by Crippen LogP contribution is 2.33. The van der Waals surface area contributed by atoms with E-state index in [1.54, 1.807) is 35.3 Å². The summed E-state index contributed by atoms with van der Waals surface area (Å²) in [5, 5.41) is 3.70. The molecular weight excluding hydrogens is 478 g/mol. The maximum Gasteiger partial charge on any atom is 0.257 e. The molecule has 1 fully saturated rings. The van der Waals surface area contributed by atoms with Crippen LogP contribution in [0.1, 0.15) is 24.0 Å². The van der Waals surface area contributed by atoms with E-state index in [0.29, 0.717) is 19.5 Å². The number of carbonyl (C=O) groups excluding carboxylic acids is 1. The second-order valence-corrected chi connectivity index (χ2v) is 10.3. The first-order valence-corrected chi connectivity index (χ1v) is 12.5. The van der Waals surface area contributed by atoms with Crippen LogP contribution in [-0.2, 0) is 21.4 Å². The molecule has 3 N–H and O–H groups in total. The second kappa shape index (κ2) is 9.96. The van der Waals surface area contributed by atoms with Crippen LogP contribution < -0.4 is 15.3 Å². The lowest BCUT2D eigenvalue weighted by Crippen LogP contribution is -2.54. The van der Waals surface area contributed by atoms with E-state index in [9.17, 15) is 13.2 Å². The first-order chi connectivity index (χ1) is 16.3. The third kappa shape index (κ3) is 4.98. The van der Waals surface area contributed by atoms with E-state index in [1.165, 1.54) is 18.5 Å². The average molecular weight is 502 g/mol. The number of hydrogen-bond acceptors (Lipinski definition) is 7. The number of sulfonamides is 1. The number of allylic oxidation sites excluding steroid dienone is 2. The van der Waals surface area contributed by atoms with Crippen molar-refractivity contribution in [2.75, 3.05) is 6.54 Å². The molecule has 0 bridgehead atoms. The molecule has 1 unspecified atom stereocenters. The molecule has 0 radical (unpaired) electrons. The van der Waals surface area contributed by atoms with E-state index >= 15 is 0 Å². The molecule has 11 heteroatoms. The van der Waals surface area contributed by atoms with Gasteiger partial charge in [0.05, 0.1) is 6.21 Å². The summed E-state index contributed by atoms with van der Waals surface area (Å²) in [6.45, 7) is 0.758. The monoisotopic (exact) mass is 501 g/mol. The fraction of sp³-hybridized carbons (Fsp3) is 0.261. The Balaban J connectivity index is 1.51. The highest BCUT2D eigenvalue weighted by atomic mass is 35.5. The molecule has 1 saturated heterocycles. The van der Waals surface area contributed by atoms with Crippen molar-refractivity contribution >= 4 is 33.7 Å². The Bertz CT molecular complexity index is 1260.